The SMILES string of the molecule is OCc1cncc(-c2ccc(OCc3ccccc3)nc2OCc2ccccc2)c1. The van der Waals surface area contributed by atoms with E-state index in [2.05, 4.69) is 9.97 Å². The first kappa shape index (κ1) is 19.6. The van der Waals surface area contributed by atoms with E-state index in [0.29, 0.717) is 25.0 Å². The maximum Gasteiger partial charge on any atom is 0.225 e. The van der Waals surface area contributed by atoms with Gasteiger partial charge in [0.2, 0.25) is 11.8 Å². The van der Waals surface area contributed by atoms with Gasteiger partial charge in [0.1, 0.15) is 13.2 Å². The van der Waals surface area contributed by atoms with Gasteiger partial charge < -0.3 is 14.6 Å². The van der Waals surface area contributed by atoms with Crippen molar-refractivity contribution in [3.8, 4) is 22.9 Å². The standard InChI is InChI=1S/C25H22N2O3/c28-16-21-13-22(15-26-14-21)23-11-12-24(29-17-19-7-3-1-4-8-19)27-25(23)30-18-20-9-5-2-6-10-20/h1-15,28H,16-18H2. The molecule has 0 saturated carbocycles. The largest absolute Gasteiger partial charge is 0.473 e. The molecule has 0 aliphatic rings. The Labute approximate surface area is 175 Å². The van der Waals surface area contributed by atoms with Gasteiger partial charge in [-0.25, -0.2) is 0 Å². The number of hydrogen-bond acceptors (Lipinski definition) is 5. The number of aliphatic hydroxyl groups excluding tert-OH is 1. The van der Waals surface area contributed by atoms with Crippen molar-refractivity contribution in [3.05, 3.63) is 108 Å². The summed E-state index contributed by atoms with van der Waals surface area (Å²) in [6, 6.07) is 25.5. The number of aromatic nitrogens is 2. The highest BCUT2D eigenvalue weighted by Gasteiger charge is 2.12. The lowest BCUT2D eigenvalue weighted by atomic mass is 10.1. The lowest BCUT2D eigenvalue weighted by molar-refractivity contribution is 0.268. The molecular weight excluding hydrogens is 376 g/mol. The molecule has 0 fully saturated rings. The fourth-order valence-corrected chi connectivity index (χ4v) is 3.01. The maximum atomic E-state index is 9.45. The molecule has 0 radical (unpaired) electrons. The van der Waals surface area contributed by atoms with E-state index in [9.17, 15) is 5.11 Å². The average Bonchev–Trinajstić information content (AvgIpc) is 2.83. The highest BCUT2D eigenvalue weighted by molar-refractivity contribution is 5.68. The van der Waals surface area contributed by atoms with Crippen molar-refractivity contribution in [2.75, 3.05) is 0 Å². The lowest BCUT2D eigenvalue weighted by Crippen LogP contribution is -2.02. The van der Waals surface area contributed by atoms with Crippen LogP contribution < -0.4 is 9.47 Å². The molecule has 0 amide bonds. The molecule has 4 aromatic rings. The minimum atomic E-state index is -0.0766. The van der Waals surface area contributed by atoms with Gasteiger partial charge >= 0.3 is 0 Å². The van der Waals surface area contributed by atoms with Crippen LogP contribution in [-0.4, -0.2) is 15.1 Å². The summed E-state index contributed by atoms with van der Waals surface area (Å²) < 4.78 is 11.9. The van der Waals surface area contributed by atoms with Crippen LogP contribution in [-0.2, 0) is 19.8 Å². The number of nitrogens with zero attached hydrogens (tertiary/aromatic N) is 2. The Bertz CT molecular complexity index is 1090. The van der Waals surface area contributed by atoms with Crippen LogP contribution >= 0.6 is 0 Å². The number of ether oxygens (including phenoxy) is 2. The van der Waals surface area contributed by atoms with Crippen LogP contribution in [0.25, 0.3) is 11.1 Å². The monoisotopic (exact) mass is 398 g/mol. The first-order chi connectivity index (χ1) is 14.8. The van der Waals surface area contributed by atoms with E-state index in [1.807, 2.05) is 78.9 Å². The molecule has 5 heteroatoms. The van der Waals surface area contributed by atoms with Crippen LogP contribution in [0, 0.1) is 0 Å². The van der Waals surface area contributed by atoms with Crippen molar-refractivity contribution >= 4 is 0 Å². The van der Waals surface area contributed by atoms with Crippen molar-refractivity contribution in [3.63, 3.8) is 0 Å². The quantitative estimate of drug-likeness (QED) is 0.462. The lowest BCUT2D eigenvalue weighted by Gasteiger charge is -2.13. The normalized spacial score (nSPS) is 10.6. The van der Waals surface area contributed by atoms with Gasteiger partial charge in [0.25, 0.3) is 0 Å². The summed E-state index contributed by atoms with van der Waals surface area (Å²) in [6.07, 6.45) is 3.37. The summed E-state index contributed by atoms with van der Waals surface area (Å²) in [5.74, 6) is 0.943. The van der Waals surface area contributed by atoms with Crippen LogP contribution in [0.4, 0.5) is 0 Å². The van der Waals surface area contributed by atoms with Crippen molar-refractivity contribution in [2.45, 2.75) is 19.8 Å². The predicted octanol–water partition coefficient (Wildman–Crippen LogP) is 4.79. The fraction of sp³-hybridized carbons (Fsp3) is 0.120. The second kappa shape index (κ2) is 9.67. The van der Waals surface area contributed by atoms with Gasteiger partial charge in [0, 0.05) is 29.6 Å². The van der Waals surface area contributed by atoms with Crippen molar-refractivity contribution in [1.82, 2.24) is 9.97 Å². The molecule has 4 rings (SSSR count). The third-order valence-electron chi connectivity index (χ3n) is 4.57. The van der Waals surface area contributed by atoms with Crippen LogP contribution in [0.1, 0.15) is 16.7 Å². The van der Waals surface area contributed by atoms with Gasteiger partial charge in [0.05, 0.1) is 6.61 Å². The maximum absolute atomic E-state index is 9.45. The summed E-state index contributed by atoms with van der Waals surface area (Å²) in [4.78, 5) is 8.82. The Hall–Kier alpha value is -3.70. The van der Waals surface area contributed by atoms with E-state index in [4.69, 9.17) is 9.47 Å². The topological polar surface area (TPSA) is 64.5 Å². The molecule has 0 bridgehead atoms. The van der Waals surface area contributed by atoms with Crippen LogP contribution in [0.5, 0.6) is 11.8 Å². The second-order valence-corrected chi connectivity index (χ2v) is 6.79. The number of benzene rings is 2. The van der Waals surface area contributed by atoms with Gasteiger partial charge in [0.15, 0.2) is 0 Å². The summed E-state index contributed by atoms with van der Waals surface area (Å²) in [6.45, 7) is 0.732. The Kier molecular flexibility index (Phi) is 6.32. The first-order valence-electron chi connectivity index (χ1n) is 9.71. The summed E-state index contributed by atoms with van der Waals surface area (Å²) in [7, 11) is 0. The Morgan fingerprint density at radius 1 is 0.700 bits per heavy atom. The van der Waals surface area contributed by atoms with Crippen LogP contribution in [0.2, 0.25) is 0 Å². The van der Waals surface area contributed by atoms with E-state index in [1.165, 1.54) is 0 Å². The third-order valence-corrected chi connectivity index (χ3v) is 4.57. The van der Waals surface area contributed by atoms with Gasteiger partial charge in [-0.3, -0.25) is 4.98 Å². The number of pyridine rings is 2. The van der Waals surface area contributed by atoms with E-state index in [1.54, 1.807) is 12.4 Å². The molecule has 0 aliphatic heterocycles. The first-order valence-corrected chi connectivity index (χ1v) is 9.71. The van der Waals surface area contributed by atoms with Crippen molar-refractivity contribution in [1.29, 1.82) is 0 Å². The van der Waals surface area contributed by atoms with Gasteiger partial charge in [-0.05, 0) is 28.8 Å². The molecule has 0 aliphatic carbocycles. The number of rotatable bonds is 8. The zero-order valence-electron chi connectivity index (χ0n) is 16.4. The Balaban J connectivity index is 1.60. The summed E-state index contributed by atoms with van der Waals surface area (Å²) in [5.41, 5.74) is 4.46. The number of hydrogen-bond donors (Lipinski definition) is 1. The third kappa shape index (κ3) is 5.01. The molecule has 0 saturated heterocycles. The minimum absolute atomic E-state index is 0.0766. The van der Waals surface area contributed by atoms with E-state index in [0.717, 1.165) is 27.8 Å². The van der Waals surface area contributed by atoms with E-state index >= 15 is 0 Å². The smallest absolute Gasteiger partial charge is 0.225 e. The Morgan fingerprint density at radius 2 is 1.37 bits per heavy atom. The molecule has 5 nitrogen and oxygen atoms in total. The number of aliphatic hydroxyl groups is 1. The highest BCUT2D eigenvalue weighted by atomic mass is 16.5. The summed E-state index contributed by atoms with van der Waals surface area (Å²) >= 11 is 0. The molecular formula is C25H22N2O3. The molecule has 2 aromatic heterocycles. The van der Waals surface area contributed by atoms with E-state index < -0.39 is 0 Å². The predicted molar refractivity (Wildman–Crippen MR) is 115 cm³/mol. The molecule has 0 unspecified atom stereocenters. The molecule has 2 aromatic carbocycles. The zero-order valence-corrected chi connectivity index (χ0v) is 16.4. The second-order valence-electron chi connectivity index (χ2n) is 6.79. The zero-order chi connectivity index (χ0) is 20.6. The van der Waals surface area contributed by atoms with Gasteiger partial charge in [-0.15, -0.1) is 0 Å². The van der Waals surface area contributed by atoms with E-state index in [-0.39, 0.29) is 6.61 Å². The molecule has 1 N–H and O–H groups in total. The highest BCUT2D eigenvalue weighted by Crippen LogP contribution is 2.31. The van der Waals surface area contributed by atoms with Crippen LogP contribution in [0.3, 0.4) is 0 Å². The van der Waals surface area contributed by atoms with Crippen LogP contribution in [0.15, 0.2) is 91.3 Å². The molecule has 0 spiro atoms. The van der Waals surface area contributed by atoms with Crippen molar-refractivity contribution < 1.29 is 14.6 Å². The van der Waals surface area contributed by atoms with Gasteiger partial charge in [-0.1, -0.05) is 60.7 Å². The molecule has 150 valence electrons. The molecule has 0 atom stereocenters. The summed E-state index contributed by atoms with van der Waals surface area (Å²) in [5, 5.41) is 9.45. The van der Waals surface area contributed by atoms with Gasteiger partial charge in [-0.2, -0.15) is 4.98 Å². The molecule has 2 heterocycles. The van der Waals surface area contributed by atoms with Crippen molar-refractivity contribution in [2.24, 2.45) is 0 Å². The average molecular weight is 398 g/mol. The Morgan fingerprint density at radius 3 is 2.03 bits per heavy atom. The molecule has 30 heavy (non-hydrogen) atoms. The minimum Gasteiger partial charge on any atom is -0.473 e. The fourth-order valence-electron chi connectivity index (χ4n) is 3.01.